The van der Waals surface area contributed by atoms with Crippen LogP contribution >= 0.6 is 0 Å². The van der Waals surface area contributed by atoms with Gasteiger partial charge in [-0.25, -0.2) is 0 Å². The van der Waals surface area contributed by atoms with Gasteiger partial charge in [0.1, 0.15) is 0 Å². The minimum atomic E-state index is -0.637. The number of aliphatic hydroxyl groups excluding tert-OH is 1. The molecule has 0 radical (unpaired) electrons. The lowest BCUT2D eigenvalue weighted by Gasteiger charge is -2.26. The van der Waals surface area contributed by atoms with Crippen LogP contribution in [0.25, 0.3) is 10.9 Å². The van der Waals surface area contributed by atoms with E-state index in [-0.39, 0.29) is 18.6 Å². The first-order valence-corrected chi connectivity index (χ1v) is 7.80. The zero-order valence-corrected chi connectivity index (χ0v) is 14.0. The Bertz CT molecular complexity index is 772. The minimum Gasteiger partial charge on any atom is -0.388 e. The maximum Gasteiger partial charge on any atom is 0.254 e. The van der Waals surface area contributed by atoms with Crippen LogP contribution in [0.2, 0.25) is 0 Å². The maximum atomic E-state index is 13.0. The van der Waals surface area contributed by atoms with Gasteiger partial charge in [0, 0.05) is 18.1 Å². The molecule has 0 aliphatic carbocycles. The Balaban J connectivity index is 2.09. The van der Waals surface area contributed by atoms with Crippen LogP contribution in [-0.2, 0) is 4.74 Å². The number of amides is 1. The van der Waals surface area contributed by atoms with Crippen molar-refractivity contribution in [2.75, 3.05) is 20.3 Å². The van der Waals surface area contributed by atoms with Crippen molar-refractivity contribution in [2.45, 2.75) is 32.9 Å². The number of likely N-dealkylation sites (N-methyl/N-ethyl adjacent to an activating group) is 1. The maximum absolute atomic E-state index is 13.0. The predicted molar refractivity (Wildman–Crippen MR) is 88.7 cm³/mol. The van der Waals surface area contributed by atoms with Crippen LogP contribution in [0.15, 0.2) is 18.2 Å². The number of rotatable bonds is 2. The molecule has 1 aliphatic rings. The third-order valence-corrected chi connectivity index (χ3v) is 4.45. The summed E-state index contributed by atoms with van der Waals surface area (Å²) in [6.07, 6.45) is -0.637. The van der Waals surface area contributed by atoms with Gasteiger partial charge in [-0.3, -0.25) is 9.78 Å². The van der Waals surface area contributed by atoms with Crippen LogP contribution in [-0.4, -0.2) is 53.3 Å². The molecule has 1 fully saturated rings. The van der Waals surface area contributed by atoms with Gasteiger partial charge < -0.3 is 14.7 Å². The number of ether oxygens (including phenoxy) is 1. The quantitative estimate of drug-likeness (QED) is 0.921. The van der Waals surface area contributed by atoms with Crippen molar-refractivity contribution in [1.82, 2.24) is 9.88 Å². The number of aliphatic hydroxyl groups is 1. The molecule has 5 nitrogen and oxygen atoms in total. The second-order valence-electron chi connectivity index (χ2n) is 6.38. The Kier molecular flexibility index (Phi) is 4.08. The zero-order chi connectivity index (χ0) is 16.7. The molecule has 1 amide bonds. The molecule has 0 unspecified atom stereocenters. The highest BCUT2D eigenvalue weighted by molar-refractivity contribution is 6.07. The summed E-state index contributed by atoms with van der Waals surface area (Å²) >= 11 is 0. The molecule has 1 aliphatic heterocycles. The van der Waals surface area contributed by atoms with E-state index in [0.29, 0.717) is 12.2 Å². The van der Waals surface area contributed by atoms with Gasteiger partial charge >= 0.3 is 0 Å². The SMILES string of the molecule is Cc1cc(C)c2nc(C)cc(C(=O)N(C)[C@@H]3COC[C@H]3O)c2c1. The molecule has 1 saturated heterocycles. The molecule has 1 aromatic heterocycles. The van der Waals surface area contributed by atoms with Gasteiger partial charge in [-0.1, -0.05) is 11.6 Å². The molecule has 0 spiro atoms. The van der Waals surface area contributed by atoms with E-state index in [4.69, 9.17) is 4.74 Å². The lowest BCUT2D eigenvalue weighted by molar-refractivity contribution is 0.0583. The molecule has 0 bridgehead atoms. The molecule has 0 saturated carbocycles. The Morgan fingerprint density at radius 1 is 1.26 bits per heavy atom. The zero-order valence-electron chi connectivity index (χ0n) is 14.0. The molecule has 1 aromatic carbocycles. The molecular formula is C18H22N2O3. The topological polar surface area (TPSA) is 62.7 Å². The summed E-state index contributed by atoms with van der Waals surface area (Å²) < 4.78 is 5.27. The summed E-state index contributed by atoms with van der Waals surface area (Å²) in [5.41, 5.74) is 4.45. The van der Waals surface area contributed by atoms with Gasteiger partial charge in [0.25, 0.3) is 5.91 Å². The van der Waals surface area contributed by atoms with Crippen molar-refractivity contribution in [3.63, 3.8) is 0 Å². The number of fused-ring (bicyclic) bond motifs is 1. The third-order valence-electron chi connectivity index (χ3n) is 4.45. The first kappa shape index (κ1) is 15.9. The molecule has 1 N–H and O–H groups in total. The van der Waals surface area contributed by atoms with Crippen LogP contribution in [0.5, 0.6) is 0 Å². The van der Waals surface area contributed by atoms with E-state index in [9.17, 15) is 9.90 Å². The van der Waals surface area contributed by atoms with Crippen LogP contribution in [0.3, 0.4) is 0 Å². The van der Waals surface area contributed by atoms with Gasteiger partial charge in [0.15, 0.2) is 0 Å². The number of nitrogens with zero attached hydrogens (tertiary/aromatic N) is 2. The van der Waals surface area contributed by atoms with Gasteiger partial charge in [0.05, 0.1) is 36.4 Å². The first-order chi connectivity index (χ1) is 10.9. The Morgan fingerprint density at radius 3 is 2.65 bits per heavy atom. The largest absolute Gasteiger partial charge is 0.388 e. The van der Waals surface area contributed by atoms with E-state index in [1.165, 1.54) is 0 Å². The normalized spacial score (nSPS) is 20.9. The highest BCUT2D eigenvalue weighted by Crippen LogP contribution is 2.25. The summed E-state index contributed by atoms with van der Waals surface area (Å²) in [7, 11) is 1.72. The standard InChI is InChI=1S/C18H22N2O3/c1-10-5-11(2)17-13(6-10)14(7-12(3)19-17)18(22)20(4)15-8-23-9-16(15)21/h5-7,15-16,21H,8-9H2,1-4H3/t15-,16-/m1/s1. The van der Waals surface area contributed by atoms with Gasteiger partial charge in [-0.2, -0.15) is 0 Å². The summed E-state index contributed by atoms with van der Waals surface area (Å²) in [5.74, 6) is -0.111. The molecule has 23 heavy (non-hydrogen) atoms. The van der Waals surface area contributed by atoms with E-state index in [1.807, 2.05) is 32.9 Å². The molecule has 122 valence electrons. The number of aromatic nitrogens is 1. The van der Waals surface area contributed by atoms with E-state index < -0.39 is 6.10 Å². The van der Waals surface area contributed by atoms with Gasteiger partial charge in [0.2, 0.25) is 0 Å². The van der Waals surface area contributed by atoms with Crippen molar-refractivity contribution in [2.24, 2.45) is 0 Å². The van der Waals surface area contributed by atoms with Crippen LogP contribution in [0.1, 0.15) is 27.2 Å². The minimum absolute atomic E-state index is 0.111. The van der Waals surface area contributed by atoms with E-state index in [1.54, 1.807) is 11.9 Å². The highest BCUT2D eigenvalue weighted by Gasteiger charge is 2.33. The van der Waals surface area contributed by atoms with Crippen molar-refractivity contribution in [1.29, 1.82) is 0 Å². The van der Waals surface area contributed by atoms with Crippen molar-refractivity contribution < 1.29 is 14.6 Å². The summed E-state index contributed by atoms with van der Waals surface area (Å²) in [5, 5.41) is 10.8. The fraction of sp³-hybridized carbons (Fsp3) is 0.444. The molecular weight excluding hydrogens is 292 g/mol. The van der Waals surface area contributed by atoms with E-state index >= 15 is 0 Å². The van der Waals surface area contributed by atoms with Crippen LogP contribution in [0.4, 0.5) is 0 Å². The third kappa shape index (κ3) is 2.82. The second-order valence-corrected chi connectivity index (χ2v) is 6.38. The number of aryl methyl sites for hydroxylation is 3. The number of hydrogen-bond donors (Lipinski definition) is 1. The van der Waals surface area contributed by atoms with Gasteiger partial charge in [-0.05, 0) is 38.5 Å². The van der Waals surface area contributed by atoms with Gasteiger partial charge in [-0.15, -0.1) is 0 Å². The first-order valence-electron chi connectivity index (χ1n) is 7.80. The number of carbonyl (C=O) groups is 1. The molecule has 2 aromatic rings. The number of benzene rings is 1. The summed E-state index contributed by atoms with van der Waals surface area (Å²) in [6.45, 7) is 6.55. The molecule has 5 heteroatoms. The van der Waals surface area contributed by atoms with E-state index in [0.717, 1.165) is 27.7 Å². The lowest BCUT2D eigenvalue weighted by atomic mass is 10.0. The van der Waals surface area contributed by atoms with Crippen molar-refractivity contribution in [3.05, 3.63) is 40.6 Å². The molecule has 2 atom stereocenters. The van der Waals surface area contributed by atoms with Crippen LogP contribution in [0, 0.1) is 20.8 Å². The Hall–Kier alpha value is -1.98. The Labute approximate surface area is 135 Å². The van der Waals surface area contributed by atoms with Crippen LogP contribution < -0.4 is 0 Å². The highest BCUT2D eigenvalue weighted by atomic mass is 16.5. The van der Waals surface area contributed by atoms with Crippen molar-refractivity contribution >= 4 is 16.8 Å². The monoisotopic (exact) mass is 314 g/mol. The second kappa shape index (κ2) is 5.91. The molecule has 3 rings (SSSR count). The molecule has 2 heterocycles. The number of pyridine rings is 1. The van der Waals surface area contributed by atoms with E-state index in [2.05, 4.69) is 11.1 Å². The fourth-order valence-electron chi connectivity index (χ4n) is 3.23. The lowest BCUT2D eigenvalue weighted by Crippen LogP contribution is -2.44. The summed E-state index contributed by atoms with van der Waals surface area (Å²) in [6, 6.07) is 5.58. The number of carbonyl (C=O) groups excluding carboxylic acids is 1. The fourth-order valence-corrected chi connectivity index (χ4v) is 3.23. The predicted octanol–water partition coefficient (Wildman–Crippen LogP) is 1.99. The summed E-state index contributed by atoms with van der Waals surface area (Å²) in [4.78, 5) is 19.2. The Morgan fingerprint density at radius 2 is 2.00 bits per heavy atom. The van der Waals surface area contributed by atoms with Crippen molar-refractivity contribution in [3.8, 4) is 0 Å². The average molecular weight is 314 g/mol. The average Bonchev–Trinajstić information content (AvgIpc) is 2.92. The number of hydrogen-bond acceptors (Lipinski definition) is 4. The smallest absolute Gasteiger partial charge is 0.254 e.